The number of nitrogens with zero attached hydrogens (tertiary/aromatic N) is 1. The maximum absolute atomic E-state index is 9.94. The van der Waals surface area contributed by atoms with Gasteiger partial charge in [0.2, 0.25) is 6.08 Å². The van der Waals surface area contributed by atoms with E-state index < -0.39 is 0 Å². The summed E-state index contributed by atoms with van der Waals surface area (Å²) in [6.07, 6.45) is 2.60. The highest BCUT2D eigenvalue weighted by atomic mass is 16.1. The topological polar surface area (TPSA) is 29.4 Å². The van der Waals surface area contributed by atoms with Crippen LogP contribution in [-0.2, 0) is 4.79 Å². The van der Waals surface area contributed by atoms with Crippen molar-refractivity contribution in [3.63, 3.8) is 0 Å². The van der Waals surface area contributed by atoms with Crippen molar-refractivity contribution in [3.05, 3.63) is 35.9 Å². The molecular weight excluding hydrogens is 150 g/mol. The molecule has 0 saturated heterocycles. The Kier molecular flexibility index (Phi) is 1.77. The van der Waals surface area contributed by atoms with Gasteiger partial charge >= 0.3 is 0 Å². The Morgan fingerprint density at radius 3 is 2.75 bits per heavy atom. The molecule has 0 spiro atoms. The Balaban J connectivity index is 2.11. The minimum atomic E-state index is 0.199. The van der Waals surface area contributed by atoms with E-state index in [0.717, 1.165) is 6.42 Å². The highest BCUT2D eigenvalue weighted by Gasteiger charge is 2.38. The van der Waals surface area contributed by atoms with Gasteiger partial charge in [-0.05, 0) is 12.0 Å². The molecular formula is C10H9NO. The predicted molar refractivity (Wildman–Crippen MR) is 45.7 cm³/mol. The molecule has 0 aromatic heterocycles. The van der Waals surface area contributed by atoms with Crippen molar-refractivity contribution in [2.24, 2.45) is 4.99 Å². The van der Waals surface area contributed by atoms with Gasteiger partial charge in [-0.25, -0.2) is 9.79 Å². The van der Waals surface area contributed by atoms with Crippen LogP contribution in [0.5, 0.6) is 0 Å². The van der Waals surface area contributed by atoms with Gasteiger partial charge in [-0.15, -0.1) is 0 Å². The number of hydrogen-bond donors (Lipinski definition) is 0. The number of isocyanates is 1. The minimum Gasteiger partial charge on any atom is -0.211 e. The number of hydrogen-bond acceptors (Lipinski definition) is 2. The molecule has 0 aliphatic heterocycles. The predicted octanol–water partition coefficient (Wildman–Crippen LogP) is 1.88. The Hall–Kier alpha value is -1.40. The molecule has 1 aliphatic carbocycles. The summed E-state index contributed by atoms with van der Waals surface area (Å²) in [7, 11) is 0. The standard InChI is InChI=1S/C10H9NO/c12-7-11-10-6-9(10)8-4-2-1-3-5-8/h1-5,9-10H,6H2/t9?,10-/m1/s1. The first-order valence-corrected chi connectivity index (χ1v) is 4.04. The number of aliphatic imine (C=N–C) groups is 1. The van der Waals surface area contributed by atoms with Gasteiger partial charge in [0.05, 0.1) is 6.04 Å². The molecule has 2 rings (SSSR count). The first-order chi connectivity index (χ1) is 5.92. The maximum Gasteiger partial charge on any atom is 0.235 e. The van der Waals surface area contributed by atoms with Crippen LogP contribution in [-0.4, -0.2) is 12.1 Å². The Morgan fingerprint density at radius 1 is 1.33 bits per heavy atom. The summed E-state index contributed by atoms with van der Waals surface area (Å²) in [5.74, 6) is 0.465. The molecule has 2 nitrogen and oxygen atoms in total. The zero-order valence-corrected chi connectivity index (χ0v) is 6.60. The summed E-state index contributed by atoms with van der Waals surface area (Å²) >= 11 is 0. The Labute approximate surface area is 70.9 Å². The highest BCUT2D eigenvalue weighted by molar-refractivity contribution is 5.37. The summed E-state index contributed by atoms with van der Waals surface area (Å²) in [4.78, 5) is 13.6. The molecule has 2 atom stereocenters. The van der Waals surface area contributed by atoms with Crippen LogP contribution >= 0.6 is 0 Å². The molecule has 1 aliphatic rings. The molecule has 2 heteroatoms. The van der Waals surface area contributed by atoms with Crippen molar-refractivity contribution in [2.75, 3.05) is 0 Å². The highest BCUT2D eigenvalue weighted by Crippen LogP contribution is 2.42. The SMILES string of the molecule is O=C=N[C@@H]1CC1c1ccccc1. The number of benzene rings is 1. The molecule has 60 valence electrons. The zero-order chi connectivity index (χ0) is 8.39. The Bertz CT molecular complexity index is 314. The molecule has 0 heterocycles. The van der Waals surface area contributed by atoms with Gasteiger partial charge in [0, 0.05) is 5.92 Å². The fraction of sp³-hybridized carbons (Fsp3) is 0.300. The average Bonchev–Trinajstić information content (AvgIpc) is 2.87. The van der Waals surface area contributed by atoms with Gasteiger partial charge in [0.1, 0.15) is 0 Å². The van der Waals surface area contributed by atoms with E-state index in [9.17, 15) is 4.79 Å². The van der Waals surface area contributed by atoms with Crippen LogP contribution in [0.25, 0.3) is 0 Å². The lowest BCUT2D eigenvalue weighted by atomic mass is 10.1. The lowest BCUT2D eigenvalue weighted by molar-refractivity contribution is 0.562. The third-order valence-electron chi connectivity index (χ3n) is 2.20. The van der Waals surface area contributed by atoms with Crippen LogP contribution in [0.1, 0.15) is 17.9 Å². The molecule has 0 amide bonds. The quantitative estimate of drug-likeness (QED) is 0.478. The van der Waals surface area contributed by atoms with E-state index in [2.05, 4.69) is 17.1 Å². The van der Waals surface area contributed by atoms with Crippen molar-refractivity contribution in [3.8, 4) is 0 Å². The molecule has 1 fully saturated rings. The first kappa shape index (κ1) is 7.26. The van der Waals surface area contributed by atoms with Crippen LogP contribution < -0.4 is 0 Å². The van der Waals surface area contributed by atoms with Crippen molar-refractivity contribution in [1.82, 2.24) is 0 Å². The molecule has 1 saturated carbocycles. The third-order valence-corrected chi connectivity index (χ3v) is 2.20. The first-order valence-electron chi connectivity index (χ1n) is 4.04. The van der Waals surface area contributed by atoms with Crippen molar-refractivity contribution >= 4 is 6.08 Å². The van der Waals surface area contributed by atoms with Gasteiger partial charge in [-0.1, -0.05) is 30.3 Å². The monoisotopic (exact) mass is 159 g/mol. The summed E-state index contributed by atoms with van der Waals surface area (Å²) in [6, 6.07) is 10.4. The summed E-state index contributed by atoms with van der Waals surface area (Å²) in [6.45, 7) is 0. The van der Waals surface area contributed by atoms with Gasteiger partial charge in [0.15, 0.2) is 0 Å². The smallest absolute Gasteiger partial charge is 0.211 e. The van der Waals surface area contributed by atoms with E-state index in [4.69, 9.17) is 0 Å². The number of rotatable bonds is 2. The molecule has 1 aromatic carbocycles. The molecule has 0 N–H and O–H groups in total. The van der Waals surface area contributed by atoms with Gasteiger partial charge in [-0.3, -0.25) is 0 Å². The van der Waals surface area contributed by atoms with E-state index in [1.165, 1.54) is 5.56 Å². The van der Waals surface area contributed by atoms with E-state index in [0.29, 0.717) is 5.92 Å². The zero-order valence-electron chi connectivity index (χ0n) is 6.60. The van der Waals surface area contributed by atoms with Crippen LogP contribution in [0, 0.1) is 0 Å². The van der Waals surface area contributed by atoms with E-state index in [1.807, 2.05) is 18.2 Å². The fourth-order valence-corrected chi connectivity index (χ4v) is 1.45. The second-order valence-corrected chi connectivity index (χ2v) is 3.04. The molecule has 0 radical (unpaired) electrons. The van der Waals surface area contributed by atoms with Crippen LogP contribution in [0.15, 0.2) is 35.3 Å². The van der Waals surface area contributed by atoms with E-state index >= 15 is 0 Å². The van der Waals surface area contributed by atoms with Gasteiger partial charge < -0.3 is 0 Å². The van der Waals surface area contributed by atoms with Crippen LogP contribution in [0.3, 0.4) is 0 Å². The molecule has 1 aromatic rings. The lowest BCUT2D eigenvalue weighted by Gasteiger charge is -1.94. The molecule has 0 bridgehead atoms. The third kappa shape index (κ3) is 1.29. The number of carbonyl (C=O) groups excluding carboxylic acids is 1. The van der Waals surface area contributed by atoms with E-state index in [1.54, 1.807) is 6.08 Å². The van der Waals surface area contributed by atoms with Crippen molar-refractivity contribution in [1.29, 1.82) is 0 Å². The van der Waals surface area contributed by atoms with Crippen LogP contribution in [0.4, 0.5) is 0 Å². The maximum atomic E-state index is 9.94. The van der Waals surface area contributed by atoms with Crippen molar-refractivity contribution in [2.45, 2.75) is 18.4 Å². The molecule has 12 heavy (non-hydrogen) atoms. The van der Waals surface area contributed by atoms with Gasteiger partial charge in [-0.2, -0.15) is 0 Å². The molecule has 1 unspecified atom stereocenters. The normalized spacial score (nSPS) is 26.0. The lowest BCUT2D eigenvalue weighted by Crippen LogP contribution is -1.82. The minimum absolute atomic E-state index is 0.199. The average molecular weight is 159 g/mol. The summed E-state index contributed by atoms with van der Waals surface area (Å²) in [5.41, 5.74) is 1.28. The van der Waals surface area contributed by atoms with Crippen LogP contribution in [0.2, 0.25) is 0 Å². The second kappa shape index (κ2) is 2.92. The largest absolute Gasteiger partial charge is 0.235 e. The summed E-state index contributed by atoms with van der Waals surface area (Å²) in [5, 5.41) is 0. The summed E-state index contributed by atoms with van der Waals surface area (Å²) < 4.78 is 0. The van der Waals surface area contributed by atoms with E-state index in [-0.39, 0.29) is 6.04 Å². The van der Waals surface area contributed by atoms with Gasteiger partial charge in [0.25, 0.3) is 0 Å². The Morgan fingerprint density at radius 2 is 2.08 bits per heavy atom. The second-order valence-electron chi connectivity index (χ2n) is 3.04. The van der Waals surface area contributed by atoms with Crippen molar-refractivity contribution < 1.29 is 4.79 Å². The fourth-order valence-electron chi connectivity index (χ4n) is 1.45.